The van der Waals surface area contributed by atoms with E-state index >= 15 is 0 Å². The average molecular weight is 354 g/mol. The maximum absolute atomic E-state index is 10.7. The lowest BCUT2D eigenvalue weighted by molar-refractivity contribution is 0.570. The Balaban J connectivity index is 1.94. The molecule has 1 atom stereocenters. The molecule has 0 saturated carbocycles. The molecule has 0 aliphatic rings. The predicted octanol–water partition coefficient (Wildman–Crippen LogP) is 5.17. The topological polar surface area (TPSA) is 29.1 Å². The van der Waals surface area contributed by atoms with Crippen molar-refractivity contribution in [1.82, 2.24) is 5.32 Å². The van der Waals surface area contributed by atoms with E-state index in [-0.39, 0.29) is 0 Å². The van der Waals surface area contributed by atoms with E-state index in [1.807, 2.05) is 36.4 Å². The first-order valence-electron chi connectivity index (χ1n) is 6.95. The van der Waals surface area contributed by atoms with Crippen LogP contribution in [0.2, 0.25) is 10.0 Å². The van der Waals surface area contributed by atoms with Crippen LogP contribution in [0.1, 0.15) is 24.0 Å². The van der Waals surface area contributed by atoms with Gasteiger partial charge in [0.1, 0.15) is 0 Å². The van der Waals surface area contributed by atoms with Crippen molar-refractivity contribution in [2.45, 2.75) is 24.3 Å². The number of nitrogens with one attached hydrogen (secondary N) is 1. The number of carbonyl (C=O) groups excluding carboxylic acids is 1. The third kappa shape index (κ3) is 5.03. The smallest absolute Gasteiger partial charge is 0.180 e. The summed E-state index contributed by atoms with van der Waals surface area (Å²) in [7, 11) is 0. The highest BCUT2D eigenvalue weighted by Gasteiger charge is 2.08. The van der Waals surface area contributed by atoms with Crippen molar-refractivity contribution in [1.29, 1.82) is 0 Å². The van der Waals surface area contributed by atoms with Gasteiger partial charge in [-0.1, -0.05) is 60.1 Å². The summed E-state index contributed by atoms with van der Waals surface area (Å²) < 4.78 is 0. The van der Waals surface area contributed by atoms with Crippen LogP contribution in [0.4, 0.5) is 0 Å². The van der Waals surface area contributed by atoms with Crippen molar-refractivity contribution in [2.75, 3.05) is 6.54 Å². The normalized spacial score (nSPS) is 12.1. The van der Waals surface area contributed by atoms with Gasteiger partial charge in [-0.2, -0.15) is 0 Å². The van der Waals surface area contributed by atoms with Crippen LogP contribution >= 0.6 is 35.0 Å². The fourth-order valence-corrected chi connectivity index (χ4v) is 3.22. The molecule has 0 bridgehead atoms. The maximum atomic E-state index is 10.7. The number of carbonyl (C=O) groups is 1. The second kappa shape index (κ2) is 8.59. The molecule has 0 amide bonds. The van der Waals surface area contributed by atoms with E-state index in [0.29, 0.717) is 17.5 Å². The number of halogens is 2. The Kier molecular flexibility index (Phi) is 6.77. The molecule has 0 radical (unpaired) electrons. The molecule has 2 aromatic carbocycles. The van der Waals surface area contributed by atoms with Crippen LogP contribution < -0.4 is 5.32 Å². The lowest BCUT2D eigenvalue weighted by atomic mass is 10.0. The Morgan fingerprint density at radius 3 is 2.68 bits per heavy atom. The number of thioether (sulfide) groups is 1. The molecule has 5 heteroatoms. The highest BCUT2D eigenvalue weighted by atomic mass is 35.5. The SMILES string of the molecule is CC(CNCc1ccc(Cl)cc1SC=O)c1cccc(Cl)c1. The van der Waals surface area contributed by atoms with Gasteiger partial charge in [-0.05, 0) is 41.3 Å². The first-order valence-corrected chi connectivity index (χ1v) is 8.58. The molecule has 2 rings (SSSR count). The summed E-state index contributed by atoms with van der Waals surface area (Å²) in [6.07, 6.45) is 0. The van der Waals surface area contributed by atoms with Crippen molar-refractivity contribution < 1.29 is 4.79 Å². The van der Waals surface area contributed by atoms with E-state index in [1.54, 1.807) is 0 Å². The number of rotatable bonds is 7. The summed E-state index contributed by atoms with van der Waals surface area (Å²) in [5.74, 6) is 0.355. The predicted molar refractivity (Wildman–Crippen MR) is 95.6 cm³/mol. The highest BCUT2D eigenvalue weighted by molar-refractivity contribution is 8.11. The highest BCUT2D eigenvalue weighted by Crippen LogP contribution is 2.25. The molecule has 0 spiro atoms. The van der Waals surface area contributed by atoms with Crippen LogP contribution in [0.5, 0.6) is 0 Å². The molecule has 0 aliphatic heterocycles. The summed E-state index contributed by atoms with van der Waals surface area (Å²) >= 11 is 13.1. The molecule has 0 saturated heterocycles. The van der Waals surface area contributed by atoms with E-state index in [9.17, 15) is 4.79 Å². The van der Waals surface area contributed by atoms with Crippen molar-refractivity contribution in [2.24, 2.45) is 0 Å². The molecule has 2 aromatic rings. The van der Waals surface area contributed by atoms with Crippen LogP contribution in [-0.2, 0) is 11.3 Å². The summed E-state index contributed by atoms with van der Waals surface area (Å²) in [6.45, 7) is 3.67. The van der Waals surface area contributed by atoms with Gasteiger partial charge in [0.05, 0.1) is 0 Å². The summed E-state index contributed by atoms with van der Waals surface area (Å²) in [6, 6.07) is 13.5. The summed E-state index contributed by atoms with van der Waals surface area (Å²) in [4.78, 5) is 11.6. The lowest BCUT2D eigenvalue weighted by Gasteiger charge is -2.14. The molecule has 1 unspecified atom stereocenters. The Morgan fingerprint density at radius 1 is 1.18 bits per heavy atom. The largest absolute Gasteiger partial charge is 0.312 e. The fraction of sp³-hybridized carbons (Fsp3) is 0.235. The standard InChI is InChI=1S/C17H17Cl2NOS/c1-12(13-3-2-4-15(18)7-13)9-20-10-14-5-6-16(19)8-17(14)22-11-21/h2-8,11-12,20H,9-10H2,1H3. The van der Waals surface area contributed by atoms with E-state index in [4.69, 9.17) is 23.2 Å². The Hall–Kier alpha value is -1.00. The molecule has 2 nitrogen and oxygen atoms in total. The van der Waals surface area contributed by atoms with Gasteiger partial charge in [-0.25, -0.2) is 0 Å². The van der Waals surface area contributed by atoms with Gasteiger partial charge in [0, 0.05) is 28.0 Å². The maximum Gasteiger partial charge on any atom is 0.180 e. The zero-order chi connectivity index (χ0) is 15.9. The Morgan fingerprint density at radius 2 is 1.95 bits per heavy atom. The molecule has 0 aromatic heterocycles. The molecular weight excluding hydrogens is 337 g/mol. The minimum absolute atomic E-state index is 0.355. The third-order valence-electron chi connectivity index (χ3n) is 3.39. The molecule has 116 valence electrons. The van der Waals surface area contributed by atoms with Gasteiger partial charge < -0.3 is 5.32 Å². The minimum atomic E-state index is 0.355. The van der Waals surface area contributed by atoms with E-state index in [2.05, 4.69) is 18.3 Å². The molecular formula is C17H17Cl2NOS. The van der Waals surface area contributed by atoms with Crippen LogP contribution in [0.15, 0.2) is 47.4 Å². The second-order valence-electron chi connectivity index (χ2n) is 5.05. The van der Waals surface area contributed by atoms with E-state index in [0.717, 1.165) is 39.4 Å². The quantitative estimate of drug-likeness (QED) is 0.549. The van der Waals surface area contributed by atoms with Crippen molar-refractivity contribution >= 4 is 40.6 Å². The summed E-state index contributed by atoms with van der Waals surface area (Å²) in [5, 5.41) is 4.82. The zero-order valence-corrected chi connectivity index (χ0v) is 14.5. The second-order valence-corrected chi connectivity index (χ2v) is 6.79. The minimum Gasteiger partial charge on any atom is -0.312 e. The van der Waals surface area contributed by atoms with Gasteiger partial charge in [0.25, 0.3) is 0 Å². The summed E-state index contributed by atoms with van der Waals surface area (Å²) in [5.41, 5.74) is 3.10. The molecule has 22 heavy (non-hydrogen) atoms. The average Bonchev–Trinajstić information content (AvgIpc) is 2.49. The first kappa shape index (κ1) is 17.4. The monoisotopic (exact) mass is 353 g/mol. The van der Waals surface area contributed by atoms with Gasteiger partial charge in [0.2, 0.25) is 0 Å². The van der Waals surface area contributed by atoms with Crippen molar-refractivity contribution in [3.05, 3.63) is 63.6 Å². The molecule has 1 N–H and O–H groups in total. The fourth-order valence-electron chi connectivity index (χ4n) is 2.19. The lowest BCUT2D eigenvalue weighted by Crippen LogP contribution is -2.20. The first-order chi connectivity index (χ1) is 10.6. The van der Waals surface area contributed by atoms with Crippen LogP contribution in [-0.4, -0.2) is 12.2 Å². The van der Waals surface area contributed by atoms with Crippen LogP contribution in [0.25, 0.3) is 0 Å². The number of benzene rings is 2. The van der Waals surface area contributed by atoms with Crippen LogP contribution in [0.3, 0.4) is 0 Å². The van der Waals surface area contributed by atoms with Gasteiger partial charge in [-0.3, -0.25) is 4.79 Å². The number of hydrogen-bond acceptors (Lipinski definition) is 3. The molecule has 0 aliphatic carbocycles. The zero-order valence-electron chi connectivity index (χ0n) is 12.2. The van der Waals surface area contributed by atoms with E-state index in [1.165, 1.54) is 5.56 Å². The third-order valence-corrected chi connectivity index (χ3v) is 4.59. The van der Waals surface area contributed by atoms with Crippen molar-refractivity contribution in [3.8, 4) is 0 Å². The van der Waals surface area contributed by atoms with E-state index < -0.39 is 0 Å². The van der Waals surface area contributed by atoms with Crippen molar-refractivity contribution in [3.63, 3.8) is 0 Å². The molecule has 0 heterocycles. The molecule has 0 fully saturated rings. The van der Waals surface area contributed by atoms with Crippen LogP contribution in [0, 0.1) is 0 Å². The van der Waals surface area contributed by atoms with Gasteiger partial charge in [-0.15, -0.1) is 0 Å². The van der Waals surface area contributed by atoms with Gasteiger partial charge in [0.15, 0.2) is 5.62 Å². The van der Waals surface area contributed by atoms with Gasteiger partial charge >= 0.3 is 0 Å². The number of hydrogen-bond donors (Lipinski definition) is 1. The Bertz CT molecular complexity index is 648. The Labute approximate surface area is 145 Å².